The quantitative estimate of drug-likeness (QED) is 0.562. The van der Waals surface area contributed by atoms with Crippen LogP contribution >= 0.6 is 0 Å². The summed E-state index contributed by atoms with van der Waals surface area (Å²) in [6.45, 7) is 5.28. The van der Waals surface area contributed by atoms with E-state index >= 15 is 0 Å². The molecule has 0 aliphatic carbocycles. The number of rotatable bonds is 2. The van der Waals surface area contributed by atoms with E-state index in [1.165, 1.54) is 0 Å². The average molecular weight is 234 g/mol. The zero-order valence-electron chi connectivity index (χ0n) is 6.23. The van der Waals surface area contributed by atoms with Gasteiger partial charge in [0.05, 0.1) is 7.11 Å². The molecule has 1 nitrogen and oxygen atoms in total. The molecule has 1 aromatic rings. The van der Waals surface area contributed by atoms with Gasteiger partial charge in [-0.3, -0.25) is 6.58 Å². The van der Waals surface area contributed by atoms with Crippen molar-refractivity contribution in [2.24, 2.45) is 0 Å². The molecule has 1 rings (SSSR count). The molecule has 0 saturated carbocycles. The first kappa shape index (κ1) is 10.4. The number of methoxy groups -OCH3 is 1. The molecule has 0 spiro atoms. The van der Waals surface area contributed by atoms with Crippen LogP contribution in [0.4, 0.5) is 0 Å². The molecule has 0 saturated heterocycles. The van der Waals surface area contributed by atoms with Gasteiger partial charge in [0, 0.05) is 0 Å². The van der Waals surface area contributed by atoms with E-state index < -0.39 is 0 Å². The van der Waals surface area contributed by atoms with Crippen LogP contribution in [-0.2, 0) is 19.5 Å². The van der Waals surface area contributed by atoms with E-state index in [1.54, 1.807) is 13.2 Å². The summed E-state index contributed by atoms with van der Waals surface area (Å²) in [7, 11) is 1.64. The first-order chi connectivity index (χ1) is 4.86. The Hall–Kier alpha value is -0.617. The van der Waals surface area contributed by atoms with Gasteiger partial charge in [-0.2, -0.15) is 5.56 Å². The molecule has 1 aromatic carbocycles. The second-order valence-corrected chi connectivity index (χ2v) is 1.94. The number of benzene rings is 1. The monoisotopic (exact) mass is 235 g/mol. The van der Waals surface area contributed by atoms with Crippen LogP contribution in [0.15, 0.2) is 24.3 Å². The summed E-state index contributed by atoms with van der Waals surface area (Å²) in [5, 5.41) is 0. The van der Waals surface area contributed by atoms with Crippen molar-refractivity contribution in [2.75, 3.05) is 7.11 Å². The van der Waals surface area contributed by atoms with Crippen molar-refractivity contribution in [3.05, 3.63) is 36.4 Å². The van der Waals surface area contributed by atoms with Gasteiger partial charge in [0.2, 0.25) is 0 Å². The Kier molecular flexibility index (Phi) is 4.80. The fourth-order valence-corrected chi connectivity index (χ4v) is 0.715. The Balaban J connectivity index is 0.000001000. The molecule has 0 aliphatic heterocycles. The van der Waals surface area contributed by atoms with Gasteiger partial charge in [0.1, 0.15) is 5.75 Å². The minimum Gasteiger partial charge on any atom is -0.497 e. The van der Waals surface area contributed by atoms with E-state index in [-0.39, 0.29) is 19.5 Å². The third-order valence-corrected chi connectivity index (χ3v) is 1.31. The minimum absolute atomic E-state index is 0. The summed E-state index contributed by atoms with van der Waals surface area (Å²) >= 11 is 0. The van der Waals surface area contributed by atoms with Crippen molar-refractivity contribution in [3.8, 4) is 5.75 Å². The van der Waals surface area contributed by atoms with Crippen molar-refractivity contribution in [1.82, 2.24) is 0 Å². The van der Waals surface area contributed by atoms with E-state index in [4.69, 9.17) is 11.3 Å². The van der Waals surface area contributed by atoms with Gasteiger partial charge in [-0.25, -0.2) is 6.08 Å². The normalized spacial score (nSPS) is 8.09. The molecule has 0 atom stereocenters. The number of hydrogen-bond acceptors (Lipinski definition) is 1. The molecule has 0 bridgehead atoms. The van der Waals surface area contributed by atoms with Crippen molar-refractivity contribution in [2.45, 2.75) is 0 Å². The number of ether oxygens (including phenoxy) is 1. The van der Waals surface area contributed by atoms with Crippen LogP contribution in [0.2, 0.25) is 0 Å². The second kappa shape index (κ2) is 5.09. The Morgan fingerprint density at radius 3 is 2.18 bits per heavy atom. The zero-order chi connectivity index (χ0) is 7.40. The summed E-state index contributed by atoms with van der Waals surface area (Å²) in [5.41, 5.74) is 1.00. The second-order valence-electron chi connectivity index (χ2n) is 1.94. The standard InChI is InChI=1S/C9H9O.Ru/c1-3-8-4-6-9(10-2)7-5-8;/h1,3-7H,2H3;/q-1;+1. The fraction of sp³-hybridized carbons (Fsp3) is 0.111. The summed E-state index contributed by atoms with van der Waals surface area (Å²) in [6, 6.07) is 7.55. The van der Waals surface area contributed by atoms with Crippen LogP contribution in [-0.4, -0.2) is 7.11 Å². The molecule has 0 amide bonds. The van der Waals surface area contributed by atoms with Gasteiger partial charge in [0.15, 0.2) is 0 Å². The van der Waals surface area contributed by atoms with Gasteiger partial charge < -0.3 is 4.74 Å². The summed E-state index contributed by atoms with van der Waals surface area (Å²) < 4.78 is 4.96. The van der Waals surface area contributed by atoms with Crippen LogP contribution in [0.25, 0.3) is 6.08 Å². The van der Waals surface area contributed by atoms with E-state index in [9.17, 15) is 0 Å². The van der Waals surface area contributed by atoms with Crippen LogP contribution in [0.5, 0.6) is 5.75 Å². The first-order valence-corrected chi connectivity index (χ1v) is 3.06. The number of hydrogen-bond donors (Lipinski definition) is 0. The van der Waals surface area contributed by atoms with Crippen LogP contribution in [0.3, 0.4) is 0 Å². The third kappa shape index (κ3) is 2.86. The largest absolute Gasteiger partial charge is 1.00 e. The van der Waals surface area contributed by atoms with Crippen molar-refractivity contribution in [3.63, 3.8) is 0 Å². The molecule has 0 unspecified atom stereocenters. The molecular weight excluding hydrogens is 225 g/mol. The summed E-state index contributed by atoms with van der Waals surface area (Å²) in [6.07, 6.45) is 1.56. The van der Waals surface area contributed by atoms with E-state index in [2.05, 4.69) is 0 Å². The molecule has 11 heavy (non-hydrogen) atoms. The van der Waals surface area contributed by atoms with Crippen molar-refractivity contribution >= 4 is 6.08 Å². The van der Waals surface area contributed by atoms with E-state index in [1.807, 2.05) is 24.3 Å². The smallest absolute Gasteiger partial charge is 0.497 e. The van der Waals surface area contributed by atoms with E-state index in [0.717, 1.165) is 11.3 Å². The maximum atomic E-state index is 5.28. The maximum absolute atomic E-state index is 5.28. The average Bonchev–Trinajstić information content (AvgIpc) is 2.05. The summed E-state index contributed by atoms with van der Waals surface area (Å²) in [5.74, 6) is 0.852. The molecular formula is C9H9ORu. The SMILES string of the molecule is [CH-]=Cc1ccc(OC)cc1.[Ru+]. The first-order valence-electron chi connectivity index (χ1n) is 3.06. The van der Waals surface area contributed by atoms with Gasteiger partial charge in [0.25, 0.3) is 0 Å². The zero-order valence-corrected chi connectivity index (χ0v) is 7.96. The molecule has 0 N–H and O–H groups in total. The molecule has 0 aliphatic rings. The third-order valence-electron chi connectivity index (χ3n) is 1.31. The predicted octanol–water partition coefficient (Wildman–Crippen LogP) is 2.14. The molecule has 59 valence electrons. The minimum atomic E-state index is 0. The molecule has 2 heteroatoms. The Labute approximate surface area is 79.8 Å². The van der Waals surface area contributed by atoms with Gasteiger partial charge in [-0.15, -0.1) is 12.1 Å². The molecule has 0 fully saturated rings. The van der Waals surface area contributed by atoms with Gasteiger partial charge in [-0.1, -0.05) is 0 Å². The predicted molar refractivity (Wildman–Crippen MR) is 41.8 cm³/mol. The fourth-order valence-electron chi connectivity index (χ4n) is 0.715. The Morgan fingerprint density at radius 2 is 1.82 bits per heavy atom. The van der Waals surface area contributed by atoms with Crippen LogP contribution in [0.1, 0.15) is 5.56 Å². The van der Waals surface area contributed by atoms with Crippen LogP contribution in [0, 0.1) is 6.58 Å². The maximum Gasteiger partial charge on any atom is 1.00 e. The van der Waals surface area contributed by atoms with E-state index in [0.29, 0.717) is 0 Å². The summed E-state index contributed by atoms with van der Waals surface area (Å²) in [4.78, 5) is 0. The Morgan fingerprint density at radius 1 is 1.27 bits per heavy atom. The molecule has 0 heterocycles. The van der Waals surface area contributed by atoms with Gasteiger partial charge in [-0.05, 0) is 12.1 Å². The van der Waals surface area contributed by atoms with Crippen molar-refractivity contribution < 1.29 is 24.2 Å². The van der Waals surface area contributed by atoms with Gasteiger partial charge >= 0.3 is 19.5 Å². The van der Waals surface area contributed by atoms with Crippen LogP contribution < -0.4 is 4.74 Å². The Bertz CT molecular complexity index is 216. The molecule has 0 aromatic heterocycles. The molecule has 1 radical (unpaired) electrons. The van der Waals surface area contributed by atoms with Crippen molar-refractivity contribution in [1.29, 1.82) is 0 Å². The topological polar surface area (TPSA) is 9.23 Å².